The lowest BCUT2D eigenvalue weighted by molar-refractivity contribution is -0.137. The van der Waals surface area contributed by atoms with Crippen molar-refractivity contribution in [1.29, 1.82) is 0 Å². The van der Waals surface area contributed by atoms with Crippen LogP contribution in [0.2, 0.25) is 0 Å². The second-order valence-corrected chi connectivity index (χ2v) is 8.44. The number of nitrogens with zero attached hydrogens (tertiary/aromatic N) is 3. The third-order valence-electron chi connectivity index (χ3n) is 5.75. The van der Waals surface area contributed by atoms with Gasteiger partial charge in [0.05, 0.1) is 28.2 Å². The third kappa shape index (κ3) is 4.03. The normalized spacial score (nSPS) is 15.5. The summed E-state index contributed by atoms with van der Waals surface area (Å²) < 4.78 is 45.0. The minimum absolute atomic E-state index is 0.0112. The lowest BCUT2D eigenvalue weighted by Gasteiger charge is -2.30. The van der Waals surface area contributed by atoms with Gasteiger partial charge in [-0.3, -0.25) is 4.79 Å². The van der Waals surface area contributed by atoms with E-state index in [0.717, 1.165) is 25.0 Å². The first-order valence-electron chi connectivity index (χ1n) is 10.3. The molecule has 0 saturated heterocycles. The van der Waals surface area contributed by atoms with Gasteiger partial charge in [-0.25, -0.2) is 4.98 Å². The first-order valence-corrected chi connectivity index (χ1v) is 10.3. The van der Waals surface area contributed by atoms with Gasteiger partial charge in [0.15, 0.2) is 0 Å². The zero-order valence-corrected chi connectivity index (χ0v) is 17.8. The molecule has 1 aliphatic rings. The topological polar surface area (TPSA) is 59.2 Å². The molecule has 164 valence electrons. The average molecular weight is 431 g/mol. The number of rotatable bonds is 5. The lowest BCUT2D eigenvalue weighted by atomic mass is 10.00. The smallest absolute Gasteiger partial charge is 0.336 e. The number of carbonyl (C=O) groups is 1. The number of pyridine rings is 1. The van der Waals surface area contributed by atoms with Crippen LogP contribution >= 0.6 is 0 Å². The Bertz CT molecular complexity index is 1130. The molecule has 31 heavy (non-hydrogen) atoms. The van der Waals surface area contributed by atoms with Gasteiger partial charge >= 0.3 is 6.18 Å². The van der Waals surface area contributed by atoms with Crippen LogP contribution in [0.3, 0.4) is 0 Å². The molecule has 0 radical (unpaired) electrons. The number of aryl methyl sites for hydroxylation is 1. The zero-order chi connectivity index (χ0) is 22.5. The number of aromatic nitrogens is 2. The van der Waals surface area contributed by atoms with Crippen molar-refractivity contribution in [1.82, 2.24) is 15.0 Å². The fourth-order valence-electron chi connectivity index (χ4n) is 3.86. The maximum atomic E-state index is 13.8. The summed E-state index contributed by atoms with van der Waals surface area (Å²) in [4.78, 5) is 19.9. The molecule has 5 nitrogen and oxygen atoms in total. The van der Waals surface area contributed by atoms with Crippen molar-refractivity contribution in [2.24, 2.45) is 0 Å². The summed E-state index contributed by atoms with van der Waals surface area (Å²) in [6.07, 6.45) is -2.79. The highest BCUT2D eigenvalue weighted by Crippen LogP contribution is 2.39. The second kappa shape index (κ2) is 7.66. The summed E-state index contributed by atoms with van der Waals surface area (Å²) in [5.74, 6) is -0.176. The minimum Gasteiger partial charge on any atom is -0.336 e. The molecular weight excluding hydrogens is 407 g/mol. The maximum absolute atomic E-state index is 13.8. The lowest BCUT2D eigenvalue weighted by Crippen LogP contribution is -2.36. The Labute approximate surface area is 178 Å². The molecule has 1 amide bonds. The number of fused-ring (bicyclic) bond motifs is 1. The van der Waals surface area contributed by atoms with E-state index in [1.54, 1.807) is 30.9 Å². The van der Waals surface area contributed by atoms with Crippen LogP contribution in [0, 0.1) is 6.92 Å². The van der Waals surface area contributed by atoms with E-state index in [9.17, 15) is 18.0 Å². The van der Waals surface area contributed by atoms with Gasteiger partial charge in [0.2, 0.25) is 0 Å². The molecule has 1 aromatic carbocycles. The Morgan fingerprint density at radius 1 is 1.19 bits per heavy atom. The highest BCUT2D eigenvalue weighted by atomic mass is 19.4. The molecule has 0 bridgehead atoms. The van der Waals surface area contributed by atoms with Crippen LogP contribution in [0.4, 0.5) is 13.2 Å². The first kappa shape index (κ1) is 21.3. The van der Waals surface area contributed by atoms with E-state index in [0.29, 0.717) is 33.6 Å². The van der Waals surface area contributed by atoms with Gasteiger partial charge in [0.25, 0.3) is 11.6 Å². The zero-order valence-electron chi connectivity index (χ0n) is 17.8. The predicted molar refractivity (Wildman–Crippen MR) is 110 cm³/mol. The number of carbonyl (C=O) groups excluding carboxylic acids is 1. The number of alkyl halides is 3. The molecular formula is C23H24F3N3O2. The Kier molecular flexibility index (Phi) is 5.27. The van der Waals surface area contributed by atoms with Crippen LogP contribution in [-0.4, -0.2) is 27.0 Å². The number of hydrogen-bond donors (Lipinski definition) is 0. The molecule has 1 saturated carbocycles. The number of hydrogen-bond acceptors (Lipinski definition) is 4. The first-order chi connectivity index (χ1) is 14.6. The largest absolute Gasteiger partial charge is 0.416 e. The van der Waals surface area contributed by atoms with Gasteiger partial charge in [-0.15, -0.1) is 0 Å². The molecule has 2 aromatic heterocycles. The van der Waals surface area contributed by atoms with Gasteiger partial charge in [0, 0.05) is 11.7 Å². The van der Waals surface area contributed by atoms with E-state index in [-0.39, 0.29) is 17.9 Å². The summed E-state index contributed by atoms with van der Waals surface area (Å²) in [5.41, 5.74) is 1.72. The van der Waals surface area contributed by atoms with Crippen LogP contribution in [0.15, 0.2) is 34.9 Å². The highest BCUT2D eigenvalue weighted by Gasteiger charge is 2.39. The standard InChI is InChI=1S/C23H24F3N3O2/c1-12(2)19-11-18(20-13(3)28-31-21(20)27-19)22(30)29(17-8-9-17)14(4)15-6-5-7-16(10-15)23(24,25)26/h5-7,10-12,14,17H,8-9H2,1-4H3. The summed E-state index contributed by atoms with van der Waals surface area (Å²) >= 11 is 0. The summed E-state index contributed by atoms with van der Waals surface area (Å²) in [6.45, 7) is 7.45. The van der Waals surface area contributed by atoms with Crippen LogP contribution < -0.4 is 0 Å². The van der Waals surface area contributed by atoms with Crippen molar-refractivity contribution in [3.63, 3.8) is 0 Å². The summed E-state index contributed by atoms with van der Waals surface area (Å²) in [5, 5.41) is 4.52. The Morgan fingerprint density at radius 2 is 1.90 bits per heavy atom. The SMILES string of the molecule is Cc1noc2nc(C(C)C)cc(C(=O)N(C3CC3)C(C)c3cccc(C(F)(F)F)c3)c12. The number of amides is 1. The number of halogens is 3. The van der Waals surface area contributed by atoms with E-state index in [1.807, 2.05) is 13.8 Å². The Morgan fingerprint density at radius 3 is 2.52 bits per heavy atom. The van der Waals surface area contributed by atoms with Crippen molar-refractivity contribution in [2.75, 3.05) is 0 Å². The molecule has 8 heteroatoms. The van der Waals surface area contributed by atoms with Crippen molar-refractivity contribution >= 4 is 17.0 Å². The second-order valence-electron chi connectivity index (χ2n) is 8.44. The molecule has 0 aliphatic heterocycles. The monoisotopic (exact) mass is 431 g/mol. The van der Waals surface area contributed by atoms with Crippen LogP contribution in [0.5, 0.6) is 0 Å². The van der Waals surface area contributed by atoms with Crippen LogP contribution in [-0.2, 0) is 6.18 Å². The molecule has 1 aliphatic carbocycles. The molecule has 1 unspecified atom stereocenters. The Balaban J connectivity index is 1.78. The average Bonchev–Trinajstić information content (AvgIpc) is 3.48. The predicted octanol–water partition coefficient (Wildman–Crippen LogP) is 6.04. The van der Waals surface area contributed by atoms with E-state index in [4.69, 9.17) is 4.52 Å². The third-order valence-corrected chi connectivity index (χ3v) is 5.75. The van der Waals surface area contributed by atoms with Gasteiger partial charge < -0.3 is 9.42 Å². The van der Waals surface area contributed by atoms with E-state index in [1.165, 1.54) is 6.07 Å². The molecule has 2 heterocycles. The summed E-state index contributed by atoms with van der Waals surface area (Å²) in [7, 11) is 0. The summed E-state index contributed by atoms with van der Waals surface area (Å²) in [6, 6.07) is 6.41. The van der Waals surface area contributed by atoms with Crippen LogP contribution in [0.1, 0.15) is 78.4 Å². The highest BCUT2D eigenvalue weighted by molar-refractivity contribution is 6.06. The van der Waals surface area contributed by atoms with Crippen molar-refractivity contribution in [3.8, 4) is 0 Å². The molecule has 1 atom stereocenters. The maximum Gasteiger partial charge on any atom is 0.416 e. The fourth-order valence-corrected chi connectivity index (χ4v) is 3.86. The molecule has 3 aromatic rings. The van der Waals surface area contributed by atoms with E-state index < -0.39 is 17.8 Å². The van der Waals surface area contributed by atoms with Crippen LogP contribution in [0.25, 0.3) is 11.1 Å². The molecule has 0 spiro atoms. The van der Waals surface area contributed by atoms with Crippen molar-refractivity contribution in [2.45, 2.75) is 64.7 Å². The van der Waals surface area contributed by atoms with E-state index >= 15 is 0 Å². The molecule has 4 rings (SSSR count). The van der Waals surface area contributed by atoms with Gasteiger partial charge in [-0.05, 0) is 56.4 Å². The minimum atomic E-state index is -4.44. The number of benzene rings is 1. The van der Waals surface area contributed by atoms with Crippen molar-refractivity contribution in [3.05, 3.63) is 58.4 Å². The molecule has 0 N–H and O–H groups in total. The van der Waals surface area contributed by atoms with Crippen molar-refractivity contribution < 1.29 is 22.5 Å². The van der Waals surface area contributed by atoms with Gasteiger partial charge in [-0.1, -0.05) is 31.1 Å². The van der Waals surface area contributed by atoms with Gasteiger partial charge in [-0.2, -0.15) is 13.2 Å². The Hall–Kier alpha value is -2.90. The fraction of sp³-hybridized carbons (Fsp3) is 0.435. The molecule has 1 fully saturated rings. The van der Waals surface area contributed by atoms with Gasteiger partial charge in [0.1, 0.15) is 0 Å². The van der Waals surface area contributed by atoms with E-state index in [2.05, 4.69) is 10.1 Å². The quantitative estimate of drug-likeness (QED) is 0.494.